The molecule has 72 valence electrons. The maximum Gasteiger partial charge on any atom is 0.316 e. The maximum atomic E-state index is 11.6. The van der Waals surface area contributed by atoms with Crippen molar-refractivity contribution in [2.75, 3.05) is 6.54 Å². The van der Waals surface area contributed by atoms with Gasteiger partial charge in [-0.05, 0) is 25.7 Å². The van der Waals surface area contributed by atoms with Crippen LogP contribution in [0.3, 0.4) is 0 Å². The van der Waals surface area contributed by atoms with Crippen LogP contribution in [0.4, 0.5) is 0 Å². The second kappa shape index (κ2) is 3.01. The number of carbonyl (C=O) groups excluding carboxylic acids is 1. The summed E-state index contributed by atoms with van der Waals surface area (Å²) in [6.07, 6.45) is 3.45. The van der Waals surface area contributed by atoms with Gasteiger partial charge in [0.25, 0.3) is 0 Å². The van der Waals surface area contributed by atoms with Gasteiger partial charge in [-0.25, -0.2) is 0 Å². The molecule has 0 spiro atoms. The van der Waals surface area contributed by atoms with E-state index in [1.54, 1.807) is 4.90 Å². The van der Waals surface area contributed by atoms with Crippen LogP contribution in [0, 0.1) is 5.92 Å². The van der Waals surface area contributed by atoms with Crippen LogP contribution in [-0.4, -0.2) is 34.5 Å². The number of likely N-dealkylation sites (tertiary alicyclic amines) is 1. The van der Waals surface area contributed by atoms with Crippen molar-refractivity contribution in [1.29, 1.82) is 0 Å². The number of carbonyl (C=O) groups is 2. The van der Waals surface area contributed by atoms with E-state index in [0.717, 1.165) is 25.8 Å². The van der Waals surface area contributed by atoms with Crippen LogP contribution in [-0.2, 0) is 9.59 Å². The smallest absolute Gasteiger partial charge is 0.316 e. The average molecular weight is 183 g/mol. The van der Waals surface area contributed by atoms with Crippen molar-refractivity contribution >= 4 is 11.9 Å². The zero-order chi connectivity index (χ0) is 9.42. The van der Waals surface area contributed by atoms with E-state index in [2.05, 4.69) is 0 Å². The van der Waals surface area contributed by atoms with Crippen molar-refractivity contribution < 1.29 is 14.7 Å². The van der Waals surface area contributed by atoms with Gasteiger partial charge in [-0.1, -0.05) is 0 Å². The zero-order valence-corrected chi connectivity index (χ0v) is 7.40. The summed E-state index contributed by atoms with van der Waals surface area (Å²) in [5, 5.41) is 8.78. The predicted molar refractivity (Wildman–Crippen MR) is 45.1 cm³/mol. The van der Waals surface area contributed by atoms with Crippen molar-refractivity contribution in [3.05, 3.63) is 0 Å². The van der Waals surface area contributed by atoms with Gasteiger partial charge in [-0.3, -0.25) is 9.59 Å². The second-order valence-corrected chi connectivity index (χ2v) is 3.80. The van der Waals surface area contributed by atoms with Gasteiger partial charge >= 0.3 is 5.97 Å². The molecule has 0 aromatic carbocycles. The summed E-state index contributed by atoms with van der Waals surface area (Å²) in [5.41, 5.74) is 0. The van der Waals surface area contributed by atoms with Crippen molar-refractivity contribution in [1.82, 2.24) is 4.90 Å². The van der Waals surface area contributed by atoms with Crippen LogP contribution in [0.5, 0.6) is 0 Å². The first-order valence-corrected chi connectivity index (χ1v) is 4.73. The molecule has 1 atom stereocenters. The summed E-state index contributed by atoms with van der Waals surface area (Å²) in [7, 11) is 0. The molecule has 1 aliphatic heterocycles. The van der Waals surface area contributed by atoms with Gasteiger partial charge in [0.05, 0.1) is 0 Å². The van der Waals surface area contributed by atoms with E-state index in [-0.39, 0.29) is 5.91 Å². The molecule has 2 fully saturated rings. The lowest BCUT2D eigenvalue weighted by Crippen LogP contribution is -2.45. The van der Waals surface area contributed by atoms with Crippen molar-refractivity contribution in [2.24, 2.45) is 5.92 Å². The minimum atomic E-state index is -0.963. The highest BCUT2D eigenvalue weighted by Crippen LogP contribution is 2.31. The molecular formula is C9H13NO3. The molecule has 0 aromatic heterocycles. The Morgan fingerprint density at radius 3 is 2.62 bits per heavy atom. The van der Waals surface area contributed by atoms with Crippen LogP contribution >= 0.6 is 0 Å². The molecular weight excluding hydrogens is 170 g/mol. The highest BCUT2D eigenvalue weighted by molar-refractivity contribution is 5.97. The Hall–Kier alpha value is -1.06. The molecule has 4 heteroatoms. The zero-order valence-electron chi connectivity index (χ0n) is 7.40. The van der Waals surface area contributed by atoms with E-state index < -0.39 is 11.9 Å². The van der Waals surface area contributed by atoms with E-state index >= 15 is 0 Å². The first-order valence-electron chi connectivity index (χ1n) is 4.73. The molecule has 1 heterocycles. The van der Waals surface area contributed by atoms with E-state index in [1.807, 2.05) is 0 Å². The number of nitrogens with zero attached hydrogens (tertiary/aromatic N) is 1. The molecule has 0 radical (unpaired) electrons. The lowest BCUT2D eigenvalue weighted by atomic mass is 9.97. The summed E-state index contributed by atoms with van der Waals surface area (Å²) in [5.74, 6) is -1.90. The van der Waals surface area contributed by atoms with Gasteiger partial charge in [0.15, 0.2) is 0 Å². The van der Waals surface area contributed by atoms with Gasteiger partial charge in [0, 0.05) is 12.6 Å². The third kappa shape index (κ3) is 1.53. The largest absolute Gasteiger partial charge is 0.481 e. The maximum absolute atomic E-state index is 11.6. The Labute approximate surface area is 76.5 Å². The van der Waals surface area contributed by atoms with Gasteiger partial charge < -0.3 is 10.0 Å². The Kier molecular flexibility index (Phi) is 1.98. The van der Waals surface area contributed by atoms with E-state index in [1.165, 1.54) is 0 Å². The summed E-state index contributed by atoms with van der Waals surface area (Å²) in [6, 6.07) is 0.356. The van der Waals surface area contributed by atoms with Crippen LogP contribution < -0.4 is 0 Å². The first-order chi connectivity index (χ1) is 6.20. The van der Waals surface area contributed by atoms with Crippen LogP contribution in [0.2, 0.25) is 0 Å². The Morgan fingerprint density at radius 2 is 2.08 bits per heavy atom. The molecule has 2 rings (SSSR count). The third-order valence-electron chi connectivity index (χ3n) is 2.76. The number of piperidine rings is 1. The summed E-state index contributed by atoms with van der Waals surface area (Å²) < 4.78 is 0. The minimum Gasteiger partial charge on any atom is -0.481 e. The van der Waals surface area contributed by atoms with Crippen LogP contribution in [0.1, 0.15) is 25.7 Å². The standard InChI is InChI=1S/C9H13NO3/c11-8-7(9(12)13)2-1-5-10(8)6-3-4-6/h6-7H,1-5H2,(H,12,13)/t7-/m0/s1. The normalized spacial score (nSPS) is 29.1. The monoisotopic (exact) mass is 183 g/mol. The number of hydrogen-bond acceptors (Lipinski definition) is 2. The SMILES string of the molecule is O=C(O)[C@H]1CCCN(C2CC2)C1=O. The highest BCUT2D eigenvalue weighted by atomic mass is 16.4. The van der Waals surface area contributed by atoms with Crippen molar-refractivity contribution in [3.8, 4) is 0 Å². The molecule has 1 aliphatic carbocycles. The predicted octanol–water partition coefficient (Wildman–Crippen LogP) is 0.472. The number of hydrogen-bond donors (Lipinski definition) is 1. The fourth-order valence-electron chi connectivity index (χ4n) is 1.88. The van der Waals surface area contributed by atoms with Gasteiger partial charge in [0.2, 0.25) is 5.91 Å². The Balaban J connectivity index is 2.06. The number of amides is 1. The number of carboxylic acid groups (broad SMARTS) is 1. The summed E-state index contributed by atoms with van der Waals surface area (Å²) >= 11 is 0. The van der Waals surface area contributed by atoms with Gasteiger partial charge in [-0.2, -0.15) is 0 Å². The second-order valence-electron chi connectivity index (χ2n) is 3.80. The van der Waals surface area contributed by atoms with E-state index in [4.69, 9.17) is 5.11 Å². The molecule has 0 unspecified atom stereocenters. The molecule has 1 N–H and O–H groups in total. The molecule has 0 aromatic rings. The van der Waals surface area contributed by atoms with Gasteiger partial charge in [-0.15, -0.1) is 0 Å². The molecule has 0 bridgehead atoms. The van der Waals surface area contributed by atoms with Gasteiger partial charge in [0.1, 0.15) is 5.92 Å². The molecule has 2 aliphatic rings. The van der Waals surface area contributed by atoms with Crippen LogP contribution in [0.25, 0.3) is 0 Å². The molecule has 13 heavy (non-hydrogen) atoms. The quantitative estimate of drug-likeness (QED) is 0.633. The fraction of sp³-hybridized carbons (Fsp3) is 0.778. The Morgan fingerprint density at radius 1 is 1.38 bits per heavy atom. The summed E-state index contributed by atoms with van der Waals surface area (Å²) in [6.45, 7) is 0.757. The highest BCUT2D eigenvalue weighted by Gasteiger charge is 2.40. The number of carboxylic acids is 1. The Bertz CT molecular complexity index is 247. The van der Waals surface area contributed by atoms with Crippen molar-refractivity contribution in [3.63, 3.8) is 0 Å². The fourth-order valence-corrected chi connectivity index (χ4v) is 1.88. The summed E-state index contributed by atoms with van der Waals surface area (Å²) in [4.78, 5) is 24.1. The number of rotatable bonds is 2. The van der Waals surface area contributed by atoms with Crippen LogP contribution in [0.15, 0.2) is 0 Å². The third-order valence-corrected chi connectivity index (χ3v) is 2.76. The lowest BCUT2D eigenvalue weighted by Gasteiger charge is -2.30. The molecule has 4 nitrogen and oxygen atoms in total. The average Bonchev–Trinajstić information content (AvgIpc) is 2.87. The first kappa shape index (κ1) is 8.53. The minimum absolute atomic E-state index is 0.166. The number of aliphatic carboxylic acids is 1. The molecule has 1 saturated carbocycles. The topological polar surface area (TPSA) is 57.6 Å². The lowest BCUT2D eigenvalue weighted by molar-refractivity contribution is -0.154. The van der Waals surface area contributed by atoms with E-state index in [9.17, 15) is 9.59 Å². The molecule has 1 saturated heterocycles. The van der Waals surface area contributed by atoms with Crippen molar-refractivity contribution in [2.45, 2.75) is 31.7 Å². The molecule has 1 amide bonds. The van der Waals surface area contributed by atoms with E-state index in [0.29, 0.717) is 12.5 Å².